The van der Waals surface area contributed by atoms with Crippen LogP contribution in [0.3, 0.4) is 0 Å². The molecule has 1 fully saturated rings. The van der Waals surface area contributed by atoms with Gasteiger partial charge in [-0.05, 0) is 37.1 Å². The summed E-state index contributed by atoms with van der Waals surface area (Å²) in [6, 6.07) is 8.42. The predicted octanol–water partition coefficient (Wildman–Crippen LogP) is 1.96. The van der Waals surface area contributed by atoms with Crippen molar-refractivity contribution >= 4 is 0 Å². The van der Waals surface area contributed by atoms with E-state index in [0.29, 0.717) is 12.5 Å². The molecule has 0 bridgehead atoms. The lowest BCUT2D eigenvalue weighted by Gasteiger charge is -2.04. The molecule has 1 unspecified atom stereocenters. The predicted molar refractivity (Wildman–Crippen MR) is 74.8 cm³/mol. The number of hydrogen-bond acceptors (Lipinski definition) is 5. The fourth-order valence-electron chi connectivity index (χ4n) is 2.55. The molecule has 0 spiro atoms. The zero-order valence-corrected chi connectivity index (χ0v) is 11.6. The molecule has 5 heteroatoms. The highest BCUT2D eigenvalue weighted by Gasteiger charge is 2.18. The Morgan fingerprint density at radius 3 is 3.20 bits per heavy atom. The first-order valence-electron chi connectivity index (χ1n) is 7.01. The quantitative estimate of drug-likeness (QED) is 0.902. The number of rotatable bonds is 5. The van der Waals surface area contributed by atoms with Crippen LogP contribution < -0.4 is 10.1 Å². The van der Waals surface area contributed by atoms with Crippen molar-refractivity contribution in [3.63, 3.8) is 0 Å². The van der Waals surface area contributed by atoms with Crippen LogP contribution in [0.25, 0.3) is 0 Å². The molecule has 1 aromatic heterocycles. The Labute approximate surface area is 118 Å². The normalized spacial score (nSPS) is 18.4. The van der Waals surface area contributed by atoms with Crippen LogP contribution in [0.15, 0.2) is 28.8 Å². The summed E-state index contributed by atoms with van der Waals surface area (Å²) >= 11 is 0. The van der Waals surface area contributed by atoms with Crippen molar-refractivity contribution in [2.24, 2.45) is 0 Å². The molecule has 1 aliphatic rings. The Kier molecular flexibility index (Phi) is 3.97. The molecule has 1 aromatic carbocycles. The summed E-state index contributed by atoms with van der Waals surface area (Å²) in [6.07, 6.45) is 3.91. The maximum absolute atomic E-state index is 5.32. The standard InChI is InChI=1S/C15H19N3O2/c1-19-13-6-2-4-11(8-13)9-14-17-15(20-18-14)10-12-5-3-7-16-12/h2,4,6,8,12,16H,3,5,7,9-10H2,1H3. The van der Waals surface area contributed by atoms with E-state index >= 15 is 0 Å². The van der Waals surface area contributed by atoms with Crippen LogP contribution in [0, 0.1) is 0 Å². The van der Waals surface area contributed by atoms with Crippen LogP contribution in [0.2, 0.25) is 0 Å². The minimum Gasteiger partial charge on any atom is -0.497 e. The van der Waals surface area contributed by atoms with Crippen LogP contribution >= 0.6 is 0 Å². The first-order valence-corrected chi connectivity index (χ1v) is 7.01. The van der Waals surface area contributed by atoms with Crippen LogP contribution in [0.1, 0.15) is 30.1 Å². The SMILES string of the molecule is COc1cccc(Cc2noc(CC3CCCN3)n2)c1. The Bertz CT molecular complexity index is 562. The van der Waals surface area contributed by atoms with Crippen molar-refractivity contribution in [2.75, 3.05) is 13.7 Å². The summed E-state index contributed by atoms with van der Waals surface area (Å²) in [4.78, 5) is 4.47. The average molecular weight is 273 g/mol. The van der Waals surface area contributed by atoms with Crippen molar-refractivity contribution < 1.29 is 9.26 Å². The van der Waals surface area contributed by atoms with E-state index in [2.05, 4.69) is 15.5 Å². The maximum Gasteiger partial charge on any atom is 0.228 e. The van der Waals surface area contributed by atoms with Gasteiger partial charge < -0.3 is 14.6 Å². The highest BCUT2D eigenvalue weighted by Crippen LogP contribution is 2.16. The van der Waals surface area contributed by atoms with Crippen molar-refractivity contribution in [3.8, 4) is 5.75 Å². The average Bonchev–Trinajstić information content (AvgIpc) is 3.12. The van der Waals surface area contributed by atoms with Gasteiger partial charge in [-0.15, -0.1) is 0 Å². The molecule has 1 N–H and O–H groups in total. The first kappa shape index (κ1) is 13.1. The summed E-state index contributed by atoms with van der Waals surface area (Å²) in [7, 11) is 1.67. The molecule has 1 atom stereocenters. The Morgan fingerprint density at radius 2 is 2.40 bits per heavy atom. The topological polar surface area (TPSA) is 60.2 Å². The molecule has 2 aromatic rings. The van der Waals surface area contributed by atoms with E-state index < -0.39 is 0 Å². The minimum atomic E-state index is 0.486. The molecule has 5 nitrogen and oxygen atoms in total. The molecule has 106 valence electrons. The van der Waals surface area contributed by atoms with Crippen LogP contribution in [0.5, 0.6) is 5.75 Å². The zero-order chi connectivity index (χ0) is 13.8. The fourth-order valence-corrected chi connectivity index (χ4v) is 2.55. The summed E-state index contributed by atoms with van der Waals surface area (Å²) < 4.78 is 10.5. The second-order valence-electron chi connectivity index (χ2n) is 5.13. The molecule has 1 aliphatic heterocycles. The maximum atomic E-state index is 5.32. The van der Waals surface area contributed by atoms with Crippen molar-refractivity contribution in [1.29, 1.82) is 0 Å². The molecule has 0 radical (unpaired) electrons. The molecule has 0 amide bonds. The highest BCUT2D eigenvalue weighted by atomic mass is 16.5. The van der Waals surface area contributed by atoms with Gasteiger partial charge in [0, 0.05) is 18.9 Å². The molecule has 2 heterocycles. The second kappa shape index (κ2) is 6.05. The summed E-state index contributed by atoms with van der Waals surface area (Å²) in [6.45, 7) is 1.09. The monoisotopic (exact) mass is 273 g/mol. The molecule has 0 aliphatic carbocycles. The Hall–Kier alpha value is -1.88. The van der Waals surface area contributed by atoms with Gasteiger partial charge in [0.25, 0.3) is 0 Å². The van der Waals surface area contributed by atoms with Gasteiger partial charge in [-0.1, -0.05) is 17.3 Å². The van der Waals surface area contributed by atoms with Gasteiger partial charge in [0.1, 0.15) is 5.75 Å². The smallest absolute Gasteiger partial charge is 0.228 e. The molecular weight excluding hydrogens is 254 g/mol. The zero-order valence-electron chi connectivity index (χ0n) is 11.6. The van der Waals surface area contributed by atoms with Crippen molar-refractivity contribution in [2.45, 2.75) is 31.7 Å². The number of hydrogen-bond donors (Lipinski definition) is 1. The van der Waals surface area contributed by atoms with E-state index in [1.165, 1.54) is 12.8 Å². The summed E-state index contributed by atoms with van der Waals surface area (Å²) in [5.41, 5.74) is 1.12. The van der Waals surface area contributed by atoms with E-state index in [0.717, 1.165) is 36.0 Å². The van der Waals surface area contributed by atoms with Crippen LogP contribution in [0.4, 0.5) is 0 Å². The summed E-state index contributed by atoms with van der Waals surface area (Å²) in [5, 5.41) is 7.49. The third-order valence-corrected chi connectivity index (χ3v) is 3.59. The molecule has 0 saturated carbocycles. The Balaban J connectivity index is 1.63. The van der Waals surface area contributed by atoms with E-state index in [9.17, 15) is 0 Å². The van der Waals surface area contributed by atoms with E-state index in [-0.39, 0.29) is 0 Å². The molecule has 20 heavy (non-hydrogen) atoms. The first-order chi connectivity index (χ1) is 9.83. The lowest BCUT2D eigenvalue weighted by Crippen LogP contribution is -2.23. The number of ether oxygens (including phenoxy) is 1. The number of nitrogens with one attached hydrogen (secondary N) is 1. The lowest BCUT2D eigenvalue weighted by atomic mass is 10.1. The molecule has 1 saturated heterocycles. The third-order valence-electron chi connectivity index (χ3n) is 3.59. The van der Waals surface area contributed by atoms with Gasteiger partial charge in [0.2, 0.25) is 5.89 Å². The van der Waals surface area contributed by atoms with Gasteiger partial charge >= 0.3 is 0 Å². The van der Waals surface area contributed by atoms with Gasteiger partial charge in [-0.25, -0.2) is 0 Å². The second-order valence-corrected chi connectivity index (χ2v) is 5.13. The van der Waals surface area contributed by atoms with Crippen LogP contribution in [-0.2, 0) is 12.8 Å². The number of nitrogens with zero attached hydrogens (tertiary/aromatic N) is 2. The molecular formula is C15H19N3O2. The lowest BCUT2D eigenvalue weighted by molar-refractivity contribution is 0.360. The van der Waals surface area contributed by atoms with E-state index in [1.54, 1.807) is 7.11 Å². The van der Waals surface area contributed by atoms with Gasteiger partial charge in [0.05, 0.1) is 7.11 Å². The van der Waals surface area contributed by atoms with Crippen molar-refractivity contribution in [1.82, 2.24) is 15.5 Å². The van der Waals surface area contributed by atoms with Gasteiger partial charge in [-0.2, -0.15) is 4.98 Å². The molecule has 3 rings (SSSR count). The van der Waals surface area contributed by atoms with E-state index in [1.807, 2.05) is 24.3 Å². The minimum absolute atomic E-state index is 0.486. The Morgan fingerprint density at radius 1 is 1.45 bits per heavy atom. The van der Waals surface area contributed by atoms with Gasteiger partial charge in [0.15, 0.2) is 5.82 Å². The van der Waals surface area contributed by atoms with Crippen molar-refractivity contribution in [3.05, 3.63) is 41.5 Å². The number of aromatic nitrogens is 2. The summed E-state index contributed by atoms with van der Waals surface area (Å²) in [5.74, 6) is 2.30. The van der Waals surface area contributed by atoms with Crippen LogP contribution in [-0.4, -0.2) is 29.8 Å². The van der Waals surface area contributed by atoms with Gasteiger partial charge in [-0.3, -0.25) is 0 Å². The van der Waals surface area contributed by atoms with E-state index in [4.69, 9.17) is 9.26 Å². The third kappa shape index (κ3) is 3.17. The number of methoxy groups -OCH3 is 1. The fraction of sp³-hybridized carbons (Fsp3) is 0.467. The number of benzene rings is 1. The highest BCUT2D eigenvalue weighted by molar-refractivity contribution is 5.30. The largest absolute Gasteiger partial charge is 0.497 e.